The molecular weight excluding hydrogens is 357 g/mol. The molecule has 0 fully saturated rings. The lowest BCUT2D eigenvalue weighted by molar-refractivity contribution is -0.0429. The number of aromatic nitrogens is 1. The summed E-state index contributed by atoms with van der Waals surface area (Å²) in [6, 6.07) is 15.9. The maximum atomic E-state index is 12.4. The molecule has 0 unspecified atom stereocenters. The molecule has 0 amide bonds. The lowest BCUT2D eigenvalue weighted by Crippen LogP contribution is -2.29. The Morgan fingerprint density at radius 2 is 1.72 bits per heavy atom. The van der Waals surface area contributed by atoms with Crippen molar-refractivity contribution in [3.05, 3.63) is 60.7 Å². The molecule has 0 aliphatic heterocycles. The van der Waals surface area contributed by atoms with E-state index in [-0.39, 0.29) is 17.3 Å². The molecule has 0 aliphatic rings. The minimum Gasteiger partial charge on any atom is -0.439 e. The average molecular weight is 368 g/mol. The van der Waals surface area contributed by atoms with Crippen molar-refractivity contribution in [1.82, 2.24) is 4.98 Å². The predicted octanol–water partition coefficient (Wildman–Crippen LogP) is 4.29. The van der Waals surface area contributed by atoms with Gasteiger partial charge in [-0.15, -0.1) is 0 Å². The third kappa shape index (κ3) is 3.82. The van der Waals surface area contributed by atoms with Gasteiger partial charge in [0.25, 0.3) is 0 Å². The largest absolute Gasteiger partial charge is 0.516 e. The van der Waals surface area contributed by atoms with Crippen molar-refractivity contribution < 1.29 is 26.3 Å². The number of anilines is 1. The van der Waals surface area contributed by atoms with E-state index in [9.17, 15) is 21.6 Å². The number of rotatable bonds is 4. The summed E-state index contributed by atoms with van der Waals surface area (Å²) >= 11 is 0. The van der Waals surface area contributed by atoms with E-state index in [1.807, 2.05) is 18.2 Å². The summed E-state index contributed by atoms with van der Waals surface area (Å²) < 4.78 is 66.5. The van der Waals surface area contributed by atoms with Crippen LogP contribution in [-0.2, 0) is 10.0 Å². The van der Waals surface area contributed by atoms with E-state index < -0.39 is 15.5 Å². The summed E-state index contributed by atoms with van der Waals surface area (Å²) in [4.78, 5) is 4.27. The zero-order valence-corrected chi connectivity index (χ0v) is 13.3. The highest BCUT2D eigenvalue weighted by molar-refractivity contribution is 7.93. The van der Waals surface area contributed by atoms with Gasteiger partial charge in [0.15, 0.2) is 0 Å². The van der Waals surface area contributed by atoms with Crippen LogP contribution in [0.25, 0.3) is 10.9 Å². The number of sulfonamides is 1. The van der Waals surface area contributed by atoms with Crippen LogP contribution in [0.15, 0.2) is 60.7 Å². The van der Waals surface area contributed by atoms with Crippen LogP contribution in [0.5, 0.6) is 11.6 Å². The van der Waals surface area contributed by atoms with E-state index in [0.717, 1.165) is 11.5 Å². The van der Waals surface area contributed by atoms with E-state index in [4.69, 9.17) is 4.74 Å². The first kappa shape index (κ1) is 17.0. The van der Waals surface area contributed by atoms with Gasteiger partial charge in [-0.1, -0.05) is 24.3 Å². The topological polar surface area (TPSA) is 68.3 Å². The van der Waals surface area contributed by atoms with E-state index >= 15 is 0 Å². The summed E-state index contributed by atoms with van der Waals surface area (Å²) in [7, 11) is -5.49. The maximum absolute atomic E-state index is 12.4. The summed E-state index contributed by atoms with van der Waals surface area (Å²) in [6.45, 7) is 0. The number of alkyl halides is 3. The van der Waals surface area contributed by atoms with Crippen molar-refractivity contribution in [2.75, 3.05) is 4.72 Å². The average Bonchev–Trinajstić information content (AvgIpc) is 2.53. The summed E-state index contributed by atoms with van der Waals surface area (Å²) in [5, 5.41) is 0.904. The molecule has 0 atom stereocenters. The van der Waals surface area contributed by atoms with Gasteiger partial charge in [-0.2, -0.15) is 21.6 Å². The van der Waals surface area contributed by atoms with Crippen molar-refractivity contribution in [3.63, 3.8) is 0 Å². The van der Waals surface area contributed by atoms with Gasteiger partial charge < -0.3 is 4.74 Å². The highest BCUT2D eigenvalue weighted by Crippen LogP contribution is 2.28. The fourth-order valence-electron chi connectivity index (χ4n) is 2.06. The number of hydrogen-bond acceptors (Lipinski definition) is 4. The van der Waals surface area contributed by atoms with Gasteiger partial charge in [-0.25, -0.2) is 4.98 Å². The fourth-order valence-corrected chi connectivity index (χ4v) is 2.61. The van der Waals surface area contributed by atoms with Crippen molar-refractivity contribution in [2.45, 2.75) is 5.51 Å². The molecule has 5 nitrogen and oxygen atoms in total. The third-order valence-corrected chi connectivity index (χ3v) is 4.30. The Kier molecular flexibility index (Phi) is 4.25. The number of fused-ring (bicyclic) bond motifs is 1. The van der Waals surface area contributed by atoms with E-state index in [1.165, 1.54) is 22.9 Å². The number of hydrogen-bond donors (Lipinski definition) is 1. The van der Waals surface area contributed by atoms with Crippen molar-refractivity contribution in [2.24, 2.45) is 0 Å². The molecule has 0 aliphatic carbocycles. The highest BCUT2D eigenvalue weighted by atomic mass is 32.2. The molecule has 1 N–H and O–H groups in total. The van der Waals surface area contributed by atoms with Crippen LogP contribution in [0.1, 0.15) is 0 Å². The molecule has 0 saturated carbocycles. The quantitative estimate of drug-likeness (QED) is 0.746. The van der Waals surface area contributed by atoms with Crippen LogP contribution in [0.4, 0.5) is 18.9 Å². The number of nitrogens with zero attached hydrogens (tertiary/aromatic N) is 1. The standard InChI is InChI=1S/C16H11F3N2O3S/c17-16(18,19)25(22,23)21-12-5-3-6-13(10-12)24-15-9-8-11-4-1-2-7-14(11)20-15/h1-10,21H. The Bertz CT molecular complexity index is 1020. The number of nitrogens with one attached hydrogen (secondary N) is 1. The lowest BCUT2D eigenvalue weighted by atomic mass is 10.2. The molecule has 0 radical (unpaired) electrons. The molecule has 1 heterocycles. The minimum atomic E-state index is -5.49. The Balaban J connectivity index is 1.84. The molecule has 130 valence electrons. The second-order valence-electron chi connectivity index (χ2n) is 5.02. The molecule has 3 aromatic rings. The molecule has 0 saturated heterocycles. The van der Waals surface area contributed by atoms with Crippen molar-refractivity contribution in [3.8, 4) is 11.6 Å². The zero-order valence-electron chi connectivity index (χ0n) is 12.5. The molecule has 9 heteroatoms. The van der Waals surface area contributed by atoms with Crippen LogP contribution in [0.3, 0.4) is 0 Å². The SMILES string of the molecule is O=S(=O)(Nc1cccc(Oc2ccc3ccccc3n2)c1)C(F)(F)F. The van der Waals surface area contributed by atoms with Crippen molar-refractivity contribution in [1.29, 1.82) is 0 Å². The fraction of sp³-hybridized carbons (Fsp3) is 0.0625. The number of benzene rings is 2. The second-order valence-corrected chi connectivity index (χ2v) is 6.70. The Morgan fingerprint density at radius 1 is 0.960 bits per heavy atom. The van der Waals surface area contributed by atoms with E-state index in [2.05, 4.69) is 4.98 Å². The molecular formula is C16H11F3N2O3S. The maximum Gasteiger partial charge on any atom is 0.516 e. The number of para-hydroxylation sites is 1. The highest BCUT2D eigenvalue weighted by Gasteiger charge is 2.46. The van der Waals surface area contributed by atoms with Crippen LogP contribution in [0, 0.1) is 0 Å². The molecule has 0 spiro atoms. The van der Waals surface area contributed by atoms with Crippen LogP contribution < -0.4 is 9.46 Å². The van der Waals surface area contributed by atoms with Gasteiger partial charge >= 0.3 is 15.5 Å². The molecule has 2 aromatic carbocycles. The minimum absolute atomic E-state index is 0.144. The van der Waals surface area contributed by atoms with Gasteiger partial charge in [-0.3, -0.25) is 4.72 Å². The summed E-state index contributed by atoms with van der Waals surface area (Å²) in [5.74, 6) is 0.375. The van der Waals surface area contributed by atoms with E-state index in [1.54, 1.807) is 18.2 Å². The molecule has 1 aromatic heterocycles. The van der Waals surface area contributed by atoms with Gasteiger partial charge in [0.05, 0.1) is 11.2 Å². The first-order valence-electron chi connectivity index (χ1n) is 6.97. The first-order valence-corrected chi connectivity index (χ1v) is 8.46. The molecule has 3 rings (SSSR count). The Labute approximate surface area is 141 Å². The smallest absolute Gasteiger partial charge is 0.439 e. The third-order valence-electron chi connectivity index (χ3n) is 3.19. The van der Waals surface area contributed by atoms with Crippen LogP contribution in [-0.4, -0.2) is 18.9 Å². The predicted molar refractivity (Wildman–Crippen MR) is 86.9 cm³/mol. The lowest BCUT2D eigenvalue weighted by Gasteiger charge is -2.12. The van der Waals surface area contributed by atoms with Gasteiger partial charge in [-0.05, 0) is 24.3 Å². The van der Waals surface area contributed by atoms with Gasteiger partial charge in [0.2, 0.25) is 5.88 Å². The first-order chi connectivity index (χ1) is 11.7. The Morgan fingerprint density at radius 3 is 2.48 bits per heavy atom. The summed E-state index contributed by atoms with van der Waals surface area (Å²) in [5.41, 5.74) is -4.98. The van der Waals surface area contributed by atoms with Crippen molar-refractivity contribution >= 4 is 26.6 Å². The van der Waals surface area contributed by atoms with Gasteiger partial charge in [0.1, 0.15) is 5.75 Å². The Hall–Kier alpha value is -2.81. The monoisotopic (exact) mass is 368 g/mol. The second kappa shape index (κ2) is 6.25. The van der Waals surface area contributed by atoms with Crippen LogP contribution in [0.2, 0.25) is 0 Å². The molecule has 25 heavy (non-hydrogen) atoms. The number of pyridine rings is 1. The summed E-state index contributed by atoms with van der Waals surface area (Å²) in [6.07, 6.45) is 0. The van der Waals surface area contributed by atoms with E-state index in [0.29, 0.717) is 5.52 Å². The normalized spacial score (nSPS) is 12.1. The number of halogens is 3. The van der Waals surface area contributed by atoms with Gasteiger partial charge in [0, 0.05) is 17.5 Å². The molecule has 0 bridgehead atoms. The zero-order chi connectivity index (χ0) is 18.1. The number of ether oxygens (including phenoxy) is 1. The van der Waals surface area contributed by atoms with Crippen LogP contribution >= 0.6 is 0 Å².